The molecule has 0 bridgehead atoms. The topological polar surface area (TPSA) is 58.2 Å². The number of hydrogen-bond acceptors (Lipinski definition) is 2. The van der Waals surface area contributed by atoms with Gasteiger partial charge in [-0.05, 0) is 77.0 Å². The van der Waals surface area contributed by atoms with Crippen LogP contribution in [0.4, 0.5) is 0 Å². The highest BCUT2D eigenvalue weighted by atomic mass is 16.2. The summed E-state index contributed by atoms with van der Waals surface area (Å²) in [7, 11) is 0. The molecule has 238 valence electrons. The minimum absolute atomic E-state index is 0.0940. The first-order chi connectivity index (χ1) is 20.7. The Bertz CT molecular complexity index is 723. The molecular weight excluding hydrogens is 516 g/mol. The van der Waals surface area contributed by atoms with E-state index in [2.05, 4.69) is 97.4 Å². The Kier molecular flexibility index (Phi) is 32.4. The van der Waals surface area contributed by atoms with E-state index in [0.29, 0.717) is 25.9 Å². The summed E-state index contributed by atoms with van der Waals surface area (Å²) in [5.74, 6) is 0.188. The fourth-order valence-electron chi connectivity index (χ4n) is 4.39. The molecule has 0 saturated heterocycles. The van der Waals surface area contributed by atoms with Gasteiger partial charge in [-0.3, -0.25) is 9.59 Å². The second-order valence-electron chi connectivity index (χ2n) is 10.9. The predicted molar refractivity (Wildman–Crippen MR) is 185 cm³/mol. The van der Waals surface area contributed by atoms with Crippen LogP contribution in [0.15, 0.2) is 72.9 Å². The first kappa shape index (κ1) is 39.4. The van der Waals surface area contributed by atoms with Crippen molar-refractivity contribution >= 4 is 11.8 Å². The molecule has 0 rings (SSSR count). The first-order valence-corrected chi connectivity index (χ1v) is 17.1. The van der Waals surface area contributed by atoms with Crippen molar-refractivity contribution in [1.29, 1.82) is 0 Å². The molecule has 0 aliphatic heterocycles. The van der Waals surface area contributed by atoms with E-state index in [1.54, 1.807) is 0 Å². The third kappa shape index (κ3) is 33.6. The Labute approximate surface area is 260 Å². The average Bonchev–Trinajstić information content (AvgIpc) is 2.99. The Hall–Kier alpha value is -2.62. The highest BCUT2D eigenvalue weighted by molar-refractivity contribution is 5.77. The number of carbonyl (C=O) groups excluding carboxylic acids is 2. The number of carbonyl (C=O) groups is 2. The number of rotatable bonds is 29. The van der Waals surface area contributed by atoms with E-state index >= 15 is 0 Å². The zero-order valence-electron chi connectivity index (χ0n) is 27.3. The molecule has 0 heterocycles. The van der Waals surface area contributed by atoms with Crippen LogP contribution in [0.25, 0.3) is 0 Å². The van der Waals surface area contributed by atoms with Crippen LogP contribution < -0.4 is 10.6 Å². The lowest BCUT2D eigenvalue weighted by molar-refractivity contribution is -0.123. The lowest BCUT2D eigenvalue weighted by Gasteiger charge is -2.07. The molecule has 0 aromatic rings. The standard InChI is InChI=1S/C38H64N2O2/c1-3-5-7-9-11-13-15-17-19-21-23-25-27-29-31-33-37(41)39-35-36-40-38(42)34-32-30-28-26-24-22-20-18-16-14-12-10-8-6-4-2/h5-8,11-14,17-20H,3-4,9-10,15-16,21-36H2,1-2H3,(H,39,41)(H,40,42)/b7-5-,8-6-,13-11-,14-12-,19-17-,20-18-. The Morgan fingerprint density at radius 3 is 1.10 bits per heavy atom. The monoisotopic (exact) mass is 580 g/mol. The molecule has 2 amide bonds. The summed E-state index contributed by atoms with van der Waals surface area (Å²) in [5, 5.41) is 5.85. The van der Waals surface area contributed by atoms with E-state index in [1.165, 1.54) is 38.5 Å². The zero-order chi connectivity index (χ0) is 30.6. The van der Waals surface area contributed by atoms with Gasteiger partial charge in [-0.1, -0.05) is 125 Å². The fourth-order valence-corrected chi connectivity index (χ4v) is 4.39. The molecule has 2 N–H and O–H groups in total. The van der Waals surface area contributed by atoms with Gasteiger partial charge < -0.3 is 10.6 Å². The SMILES string of the molecule is CC/C=C\C/C=C\C/C=C\CCCCCCCC(=O)NCCNC(=O)CCCCCCC/C=C\C/C=C\C/C=C\CC. The Morgan fingerprint density at radius 1 is 0.405 bits per heavy atom. The molecule has 0 spiro atoms. The highest BCUT2D eigenvalue weighted by Gasteiger charge is 2.03. The Morgan fingerprint density at radius 2 is 0.714 bits per heavy atom. The van der Waals surface area contributed by atoms with Crippen molar-refractivity contribution < 1.29 is 9.59 Å². The summed E-state index contributed by atoms with van der Waals surface area (Å²) in [5.41, 5.74) is 0. The van der Waals surface area contributed by atoms with Gasteiger partial charge >= 0.3 is 0 Å². The van der Waals surface area contributed by atoms with E-state index in [4.69, 9.17) is 0 Å². The van der Waals surface area contributed by atoms with Crippen LogP contribution in [0, 0.1) is 0 Å². The quantitative estimate of drug-likeness (QED) is 0.0683. The van der Waals surface area contributed by atoms with Crippen molar-refractivity contribution in [2.24, 2.45) is 0 Å². The van der Waals surface area contributed by atoms with Gasteiger partial charge in [0.25, 0.3) is 0 Å². The normalized spacial score (nSPS) is 12.3. The summed E-state index contributed by atoms with van der Waals surface area (Å²) < 4.78 is 0. The summed E-state index contributed by atoms with van der Waals surface area (Å²) in [4.78, 5) is 24.0. The van der Waals surface area contributed by atoms with E-state index < -0.39 is 0 Å². The van der Waals surface area contributed by atoms with E-state index in [1.807, 2.05) is 0 Å². The van der Waals surface area contributed by atoms with Crippen molar-refractivity contribution in [3.8, 4) is 0 Å². The number of amides is 2. The average molecular weight is 581 g/mol. The third-order valence-electron chi connectivity index (χ3n) is 6.88. The largest absolute Gasteiger partial charge is 0.354 e. The molecule has 4 heteroatoms. The minimum atomic E-state index is 0.0940. The molecule has 0 saturated carbocycles. The smallest absolute Gasteiger partial charge is 0.220 e. The van der Waals surface area contributed by atoms with E-state index in [9.17, 15) is 9.59 Å². The van der Waals surface area contributed by atoms with Crippen LogP contribution in [0.2, 0.25) is 0 Å². The van der Waals surface area contributed by atoms with Crippen LogP contribution in [-0.2, 0) is 9.59 Å². The van der Waals surface area contributed by atoms with Crippen LogP contribution in [0.1, 0.15) is 142 Å². The number of hydrogen-bond donors (Lipinski definition) is 2. The first-order valence-electron chi connectivity index (χ1n) is 17.1. The van der Waals surface area contributed by atoms with Crippen molar-refractivity contribution in [3.05, 3.63) is 72.9 Å². The molecule has 42 heavy (non-hydrogen) atoms. The summed E-state index contributed by atoms with van der Waals surface area (Å²) in [6.45, 7) is 5.34. The van der Waals surface area contributed by atoms with Gasteiger partial charge in [-0.25, -0.2) is 0 Å². The molecular formula is C38H64N2O2. The molecule has 0 aliphatic carbocycles. The summed E-state index contributed by atoms with van der Waals surface area (Å²) in [6, 6.07) is 0. The second kappa shape index (κ2) is 34.6. The van der Waals surface area contributed by atoms with E-state index in [0.717, 1.165) is 77.0 Å². The zero-order valence-corrected chi connectivity index (χ0v) is 27.3. The van der Waals surface area contributed by atoms with E-state index in [-0.39, 0.29) is 11.8 Å². The molecule has 0 aliphatic rings. The van der Waals surface area contributed by atoms with Gasteiger partial charge in [0.15, 0.2) is 0 Å². The predicted octanol–water partition coefficient (Wildman–Crippen LogP) is 10.4. The molecule has 0 atom stereocenters. The molecule has 0 fully saturated rings. The van der Waals surface area contributed by atoms with Crippen LogP contribution in [0.5, 0.6) is 0 Å². The fraction of sp³-hybridized carbons (Fsp3) is 0.632. The van der Waals surface area contributed by atoms with Crippen LogP contribution in [0.3, 0.4) is 0 Å². The number of allylic oxidation sites excluding steroid dienone is 12. The van der Waals surface area contributed by atoms with Crippen molar-refractivity contribution in [1.82, 2.24) is 10.6 Å². The summed E-state index contributed by atoms with van der Waals surface area (Å²) in [6.07, 6.45) is 48.0. The second-order valence-corrected chi connectivity index (χ2v) is 10.9. The van der Waals surface area contributed by atoms with Crippen molar-refractivity contribution in [3.63, 3.8) is 0 Å². The lowest BCUT2D eigenvalue weighted by Crippen LogP contribution is -2.34. The molecule has 0 aromatic carbocycles. The van der Waals surface area contributed by atoms with Crippen LogP contribution >= 0.6 is 0 Å². The molecule has 0 aromatic heterocycles. The highest BCUT2D eigenvalue weighted by Crippen LogP contribution is 2.09. The van der Waals surface area contributed by atoms with Gasteiger partial charge in [0, 0.05) is 25.9 Å². The van der Waals surface area contributed by atoms with Crippen LogP contribution in [-0.4, -0.2) is 24.9 Å². The maximum atomic E-state index is 12.0. The Balaban J connectivity index is 3.42. The van der Waals surface area contributed by atoms with Gasteiger partial charge in [0.1, 0.15) is 0 Å². The van der Waals surface area contributed by atoms with Gasteiger partial charge in [-0.2, -0.15) is 0 Å². The number of nitrogens with one attached hydrogen (secondary N) is 2. The minimum Gasteiger partial charge on any atom is -0.354 e. The lowest BCUT2D eigenvalue weighted by atomic mass is 10.1. The number of unbranched alkanes of at least 4 members (excludes halogenated alkanes) is 10. The maximum Gasteiger partial charge on any atom is 0.220 e. The third-order valence-corrected chi connectivity index (χ3v) is 6.88. The van der Waals surface area contributed by atoms with Gasteiger partial charge in [0.05, 0.1) is 0 Å². The van der Waals surface area contributed by atoms with Gasteiger partial charge in [-0.15, -0.1) is 0 Å². The van der Waals surface area contributed by atoms with Crippen molar-refractivity contribution in [2.45, 2.75) is 142 Å². The summed E-state index contributed by atoms with van der Waals surface area (Å²) >= 11 is 0. The maximum absolute atomic E-state index is 12.0. The van der Waals surface area contributed by atoms with Crippen molar-refractivity contribution in [2.75, 3.05) is 13.1 Å². The molecule has 0 unspecified atom stereocenters. The molecule has 4 nitrogen and oxygen atoms in total. The van der Waals surface area contributed by atoms with Gasteiger partial charge in [0.2, 0.25) is 11.8 Å². The molecule has 0 radical (unpaired) electrons.